The Labute approximate surface area is 129 Å². The van der Waals surface area contributed by atoms with Gasteiger partial charge in [0, 0.05) is 23.6 Å². The van der Waals surface area contributed by atoms with Crippen molar-refractivity contribution < 1.29 is 4.79 Å². The van der Waals surface area contributed by atoms with Crippen molar-refractivity contribution in [3.05, 3.63) is 33.8 Å². The zero-order valence-electron chi connectivity index (χ0n) is 12.3. The molecule has 0 radical (unpaired) electrons. The minimum absolute atomic E-state index is 0.149. The van der Waals surface area contributed by atoms with Crippen molar-refractivity contribution in [3.8, 4) is 0 Å². The van der Waals surface area contributed by atoms with Crippen molar-refractivity contribution in [1.82, 2.24) is 10.2 Å². The summed E-state index contributed by atoms with van der Waals surface area (Å²) in [6.07, 6.45) is 3.24. The first-order chi connectivity index (χ1) is 9.65. The van der Waals surface area contributed by atoms with Crippen molar-refractivity contribution in [3.63, 3.8) is 0 Å². The maximum Gasteiger partial charge on any atom is 0.255 e. The molecule has 1 aliphatic heterocycles. The van der Waals surface area contributed by atoms with Crippen LogP contribution in [-0.4, -0.2) is 36.5 Å². The van der Waals surface area contributed by atoms with Crippen LogP contribution in [0.4, 0.5) is 0 Å². The lowest BCUT2D eigenvalue weighted by atomic mass is 10.0. The highest BCUT2D eigenvalue weighted by molar-refractivity contribution is 9.10. The van der Waals surface area contributed by atoms with Crippen LogP contribution < -0.4 is 5.32 Å². The van der Waals surface area contributed by atoms with Crippen LogP contribution in [0.25, 0.3) is 0 Å². The Balaban J connectivity index is 2.23. The van der Waals surface area contributed by atoms with Crippen molar-refractivity contribution in [2.45, 2.75) is 39.2 Å². The maximum absolute atomic E-state index is 12.9. The van der Waals surface area contributed by atoms with Crippen molar-refractivity contribution in [1.29, 1.82) is 0 Å². The van der Waals surface area contributed by atoms with E-state index in [0.717, 1.165) is 54.5 Å². The Hall–Kier alpha value is -0.870. The van der Waals surface area contributed by atoms with E-state index >= 15 is 0 Å². The average molecular weight is 339 g/mol. The van der Waals surface area contributed by atoms with Gasteiger partial charge in [-0.2, -0.15) is 0 Å². The van der Waals surface area contributed by atoms with Crippen LogP contribution in [0, 0.1) is 6.92 Å². The molecule has 0 spiro atoms. The van der Waals surface area contributed by atoms with Gasteiger partial charge in [0.1, 0.15) is 0 Å². The molecule has 1 atom stereocenters. The molecule has 3 nitrogen and oxygen atoms in total. The molecule has 0 aromatic heterocycles. The first-order valence-corrected chi connectivity index (χ1v) is 8.21. The largest absolute Gasteiger partial charge is 0.334 e. The predicted molar refractivity (Wildman–Crippen MR) is 86.1 cm³/mol. The normalized spacial score (nSPS) is 18.9. The number of halogens is 1. The van der Waals surface area contributed by atoms with E-state index in [1.807, 2.05) is 30.0 Å². The highest BCUT2D eigenvalue weighted by Crippen LogP contribution is 2.24. The molecule has 1 fully saturated rings. The fraction of sp³-hybridized carbons (Fsp3) is 0.562. The van der Waals surface area contributed by atoms with Gasteiger partial charge in [0.05, 0.1) is 5.56 Å². The number of nitrogens with zero attached hydrogens (tertiary/aromatic N) is 1. The van der Waals surface area contributed by atoms with Gasteiger partial charge in [-0.25, -0.2) is 0 Å². The number of rotatable bonds is 4. The highest BCUT2D eigenvalue weighted by Gasteiger charge is 2.26. The van der Waals surface area contributed by atoms with E-state index in [1.165, 1.54) is 0 Å². The van der Waals surface area contributed by atoms with Gasteiger partial charge in [-0.1, -0.05) is 19.1 Å². The molecule has 0 saturated carbocycles. The van der Waals surface area contributed by atoms with E-state index in [2.05, 4.69) is 28.2 Å². The number of carbonyl (C=O) groups excluding carboxylic acids is 1. The lowest BCUT2D eigenvalue weighted by Crippen LogP contribution is -2.49. The van der Waals surface area contributed by atoms with Gasteiger partial charge < -0.3 is 10.2 Å². The lowest BCUT2D eigenvalue weighted by molar-refractivity contribution is 0.0648. The summed E-state index contributed by atoms with van der Waals surface area (Å²) in [7, 11) is 0. The number of hydrogen-bond acceptors (Lipinski definition) is 2. The first kappa shape index (κ1) is 15.5. The monoisotopic (exact) mass is 338 g/mol. The quantitative estimate of drug-likeness (QED) is 0.912. The van der Waals surface area contributed by atoms with Gasteiger partial charge in [0.25, 0.3) is 5.91 Å². The van der Waals surface area contributed by atoms with Crippen LogP contribution in [0.3, 0.4) is 0 Å². The number of hydrogen-bond donors (Lipinski definition) is 1. The molecule has 1 heterocycles. The molecule has 0 aliphatic carbocycles. The van der Waals surface area contributed by atoms with Gasteiger partial charge in [-0.15, -0.1) is 0 Å². The second kappa shape index (κ2) is 7.23. The molecule has 1 aromatic rings. The third kappa shape index (κ3) is 3.41. The fourth-order valence-corrected chi connectivity index (χ4v) is 3.19. The van der Waals surface area contributed by atoms with Crippen LogP contribution in [-0.2, 0) is 0 Å². The van der Waals surface area contributed by atoms with Crippen LogP contribution in [0.1, 0.15) is 42.1 Å². The third-order valence-corrected chi connectivity index (χ3v) is 4.91. The van der Waals surface area contributed by atoms with E-state index < -0.39 is 0 Å². The number of nitrogens with one attached hydrogen (secondary N) is 1. The van der Waals surface area contributed by atoms with E-state index in [4.69, 9.17) is 0 Å². The molecule has 0 bridgehead atoms. The molecule has 1 unspecified atom stereocenters. The first-order valence-electron chi connectivity index (χ1n) is 7.42. The maximum atomic E-state index is 12.9. The Bertz CT molecular complexity index is 470. The molecule has 20 heavy (non-hydrogen) atoms. The van der Waals surface area contributed by atoms with Crippen LogP contribution >= 0.6 is 15.9 Å². The molecule has 1 N–H and O–H groups in total. The second-order valence-corrected chi connectivity index (χ2v) is 6.23. The molecule has 110 valence electrons. The summed E-state index contributed by atoms with van der Waals surface area (Å²) >= 11 is 3.56. The SMILES string of the molecule is CCCN(C(=O)c1cccc(C)c1Br)C1CCCNC1. The lowest BCUT2D eigenvalue weighted by Gasteiger charge is -2.35. The minimum Gasteiger partial charge on any atom is -0.334 e. The van der Waals surface area contributed by atoms with Gasteiger partial charge in [0.2, 0.25) is 0 Å². The summed E-state index contributed by atoms with van der Waals surface area (Å²) in [6, 6.07) is 6.21. The van der Waals surface area contributed by atoms with Gasteiger partial charge >= 0.3 is 0 Å². The van der Waals surface area contributed by atoms with Crippen molar-refractivity contribution in [2.75, 3.05) is 19.6 Å². The summed E-state index contributed by atoms with van der Waals surface area (Å²) in [5.41, 5.74) is 1.89. The number of piperidine rings is 1. The smallest absolute Gasteiger partial charge is 0.255 e. The van der Waals surface area contributed by atoms with E-state index in [9.17, 15) is 4.79 Å². The van der Waals surface area contributed by atoms with Crippen LogP contribution in [0.5, 0.6) is 0 Å². The van der Waals surface area contributed by atoms with Gasteiger partial charge in [-0.05, 0) is 60.3 Å². The van der Waals surface area contributed by atoms with E-state index in [0.29, 0.717) is 6.04 Å². The van der Waals surface area contributed by atoms with Gasteiger partial charge in [0.15, 0.2) is 0 Å². The molecule has 1 amide bonds. The zero-order chi connectivity index (χ0) is 14.5. The zero-order valence-corrected chi connectivity index (χ0v) is 13.9. The van der Waals surface area contributed by atoms with E-state index in [-0.39, 0.29) is 5.91 Å². The molecule has 1 aliphatic rings. The topological polar surface area (TPSA) is 32.3 Å². The summed E-state index contributed by atoms with van der Waals surface area (Å²) < 4.78 is 0.926. The third-order valence-electron chi connectivity index (χ3n) is 3.86. The molecule has 2 rings (SSSR count). The molecule has 1 saturated heterocycles. The predicted octanol–water partition coefficient (Wildman–Crippen LogP) is 3.36. The minimum atomic E-state index is 0.149. The second-order valence-electron chi connectivity index (χ2n) is 5.44. The molecule has 4 heteroatoms. The van der Waals surface area contributed by atoms with Crippen molar-refractivity contribution in [2.24, 2.45) is 0 Å². The van der Waals surface area contributed by atoms with Crippen LogP contribution in [0.15, 0.2) is 22.7 Å². The molecular weight excluding hydrogens is 316 g/mol. The standard InChI is InChI=1S/C16H23BrN2O/c1-3-10-19(13-7-5-9-18-11-13)16(20)14-8-4-6-12(2)15(14)17/h4,6,8,13,18H,3,5,7,9-11H2,1-2H3. The molecular formula is C16H23BrN2O. The van der Waals surface area contributed by atoms with E-state index in [1.54, 1.807) is 0 Å². The highest BCUT2D eigenvalue weighted by atomic mass is 79.9. The average Bonchev–Trinajstić information content (AvgIpc) is 2.48. The van der Waals surface area contributed by atoms with Gasteiger partial charge in [-0.3, -0.25) is 4.79 Å². The summed E-state index contributed by atoms with van der Waals surface area (Å²) in [6.45, 7) is 6.95. The number of benzene rings is 1. The Kier molecular flexibility index (Phi) is 5.61. The number of aryl methyl sites for hydroxylation is 1. The molecule has 1 aromatic carbocycles. The summed E-state index contributed by atoms with van der Waals surface area (Å²) in [5, 5.41) is 3.40. The Morgan fingerprint density at radius 3 is 2.95 bits per heavy atom. The Morgan fingerprint density at radius 2 is 2.30 bits per heavy atom. The summed E-state index contributed by atoms with van der Waals surface area (Å²) in [5.74, 6) is 0.149. The number of carbonyl (C=O) groups is 1. The number of amides is 1. The van der Waals surface area contributed by atoms with Crippen molar-refractivity contribution >= 4 is 21.8 Å². The fourth-order valence-electron chi connectivity index (χ4n) is 2.76. The Morgan fingerprint density at radius 1 is 1.50 bits per heavy atom. The van der Waals surface area contributed by atoms with Crippen LogP contribution in [0.2, 0.25) is 0 Å². The summed E-state index contributed by atoms with van der Waals surface area (Å²) in [4.78, 5) is 14.9.